The van der Waals surface area contributed by atoms with Crippen molar-refractivity contribution in [3.05, 3.63) is 35.9 Å². The summed E-state index contributed by atoms with van der Waals surface area (Å²) in [5.41, 5.74) is 1.03. The maximum Gasteiger partial charge on any atom is 0.0942 e. The second-order valence-corrected chi connectivity index (χ2v) is 6.63. The van der Waals surface area contributed by atoms with E-state index < -0.39 is 0 Å². The Balaban J connectivity index is 1.57. The molecule has 3 heteroatoms. The molecule has 2 aliphatic rings. The number of likely N-dealkylation sites (tertiary alicyclic amines) is 2. The molecule has 21 heavy (non-hydrogen) atoms. The normalized spacial score (nSPS) is 27.6. The number of aliphatic hydroxyl groups is 1. The molecule has 0 spiro atoms. The topological polar surface area (TPSA) is 26.7 Å². The third kappa shape index (κ3) is 3.47. The van der Waals surface area contributed by atoms with Crippen molar-refractivity contribution in [2.45, 2.75) is 50.8 Å². The molecule has 0 bridgehead atoms. The van der Waals surface area contributed by atoms with Crippen LogP contribution in [0.1, 0.15) is 44.3 Å². The van der Waals surface area contributed by atoms with Crippen molar-refractivity contribution in [2.24, 2.45) is 0 Å². The molecule has 1 aromatic rings. The van der Waals surface area contributed by atoms with E-state index in [-0.39, 0.29) is 12.1 Å². The van der Waals surface area contributed by atoms with Gasteiger partial charge in [0.05, 0.1) is 6.10 Å². The molecule has 0 aromatic heterocycles. The zero-order chi connectivity index (χ0) is 14.7. The number of piperidine rings is 1. The first-order valence-corrected chi connectivity index (χ1v) is 8.47. The molecule has 3 unspecified atom stereocenters. The van der Waals surface area contributed by atoms with E-state index in [1.807, 2.05) is 30.3 Å². The average molecular weight is 288 g/mol. The van der Waals surface area contributed by atoms with Gasteiger partial charge in [0.15, 0.2) is 0 Å². The van der Waals surface area contributed by atoms with E-state index in [0.29, 0.717) is 6.04 Å². The molecule has 3 nitrogen and oxygen atoms in total. The summed E-state index contributed by atoms with van der Waals surface area (Å²) < 4.78 is 0. The second kappa shape index (κ2) is 6.91. The Morgan fingerprint density at radius 3 is 2.48 bits per heavy atom. The van der Waals surface area contributed by atoms with Gasteiger partial charge in [0, 0.05) is 25.2 Å². The Morgan fingerprint density at radius 2 is 1.76 bits per heavy atom. The molecule has 3 atom stereocenters. The molecule has 1 aromatic carbocycles. The zero-order valence-corrected chi connectivity index (χ0v) is 13.1. The molecule has 0 aliphatic carbocycles. The molecule has 3 rings (SSSR count). The molecule has 116 valence electrons. The molecule has 2 aliphatic heterocycles. The summed E-state index contributed by atoms with van der Waals surface area (Å²) >= 11 is 0. The fourth-order valence-corrected chi connectivity index (χ4v) is 3.85. The minimum absolute atomic E-state index is 0.196. The quantitative estimate of drug-likeness (QED) is 0.923. The lowest BCUT2D eigenvalue weighted by atomic mass is 10.0. The highest BCUT2D eigenvalue weighted by atomic mass is 16.3. The maximum atomic E-state index is 10.6. The minimum Gasteiger partial charge on any atom is -0.387 e. The average Bonchev–Trinajstić information content (AvgIpc) is 3.05. The molecule has 2 saturated heterocycles. The monoisotopic (exact) mass is 288 g/mol. The lowest BCUT2D eigenvalue weighted by Crippen LogP contribution is -2.43. The van der Waals surface area contributed by atoms with Crippen LogP contribution < -0.4 is 0 Å². The smallest absolute Gasteiger partial charge is 0.0942 e. The van der Waals surface area contributed by atoms with E-state index in [9.17, 15) is 5.11 Å². The van der Waals surface area contributed by atoms with Crippen molar-refractivity contribution in [1.82, 2.24) is 9.80 Å². The van der Waals surface area contributed by atoms with Gasteiger partial charge in [-0.2, -0.15) is 0 Å². The summed E-state index contributed by atoms with van der Waals surface area (Å²) in [6, 6.07) is 11.0. The first-order chi connectivity index (χ1) is 10.3. The van der Waals surface area contributed by atoms with Gasteiger partial charge in [0.25, 0.3) is 0 Å². The van der Waals surface area contributed by atoms with Gasteiger partial charge in [-0.25, -0.2) is 0 Å². The van der Waals surface area contributed by atoms with Crippen molar-refractivity contribution in [3.63, 3.8) is 0 Å². The Bertz CT molecular complexity index is 430. The Morgan fingerprint density at radius 1 is 1.05 bits per heavy atom. The van der Waals surface area contributed by atoms with Crippen LogP contribution in [-0.4, -0.2) is 53.2 Å². The van der Waals surface area contributed by atoms with E-state index in [1.165, 1.54) is 38.8 Å². The lowest BCUT2D eigenvalue weighted by Gasteiger charge is -2.33. The summed E-state index contributed by atoms with van der Waals surface area (Å²) in [4.78, 5) is 5.14. The lowest BCUT2D eigenvalue weighted by molar-refractivity contribution is 0.0644. The number of hydrogen-bond acceptors (Lipinski definition) is 3. The van der Waals surface area contributed by atoms with Gasteiger partial charge in [0.2, 0.25) is 0 Å². The SMILES string of the molecule is CC(C(O)c1ccccc1)N1CCC(N2CCCCC2)C1. The Kier molecular flexibility index (Phi) is 4.94. The number of aliphatic hydroxyl groups excluding tert-OH is 1. The maximum absolute atomic E-state index is 10.6. The number of benzene rings is 1. The van der Waals surface area contributed by atoms with Crippen LogP contribution in [0.2, 0.25) is 0 Å². The van der Waals surface area contributed by atoms with Crippen LogP contribution in [0.5, 0.6) is 0 Å². The standard InChI is InChI=1S/C18H28N2O/c1-15(18(21)16-8-4-2-5-9-16)20-13-10-17(14-20)19-11-6-3-7-12-19/h2,4-5,8-9,15,17-18,21H,3,6-7,10-14H2,1H3. The van der Waals surface area contributed by atoms with Crippen LogP contribution in [0.25, 0.3) is 0 Å². The predicted octanol–water partition coefficient (Wildman–Crippen LogP) is 2.67. The van der Waals surface area contributed by atoms with E-state index in [4.69, 9.17) is 0 Å². The van der Waals surface area contributed by atoms with Gasteiger partial charge in [0.1, 0.15) is 0 Å². The summed E-state index contributed by atoms with van der Waals surface area (Å²) in [6.07, 6.45) is 4.99. The molecule has 0 saturated carbocycles. The van der Waals surface area contributed by atoms with Crippen LogP contribution in [0.3, 0.4) is 0 Å². The summed E-state index contributed by atoms with van der Waals surface area (Å²) in [7, 11) is 0. The van der Waals surface area contributed by atoms with Gasteiger partial charge in [-0.3, -0.25) is 9.80 Å². The molecule has 2 fully saturated rings. The van der Waals surface area contributed by atoms with E-state index >= 15 is 0 Å². The van der Waals surface area contributed by atoms with E-state index in [2.05, 4.69) is 16.7 Å². The first-order valence-electron chi connectivity index (χ1n) is 8.47. The van der Waals surface area contributed by atoms with E-state index in [1.54, 1.807) is 0 Å². The van der Waals surface area contributed by atoms with Gasteiger partial charge >= 0.3 is 0 Å². The van der Waals surface area contributed by atoms with Crippen molar-refractivity contribution in [2.75, 3.05) is 26.2 Å². The van der Waals surface area contributed by atoms with Crippen molar-refractivity contribution in [1.29, 1.82) is 0 Å². The third-order valence-electron chi connectivity index (χ3n) is 5.28. The van der Waals surface area contributed by atoms with Crippen LogP contribution in [0.4, 0.5) is 0 Å². The molecule has 0 amide bonds. The zero-order valence-electron chi connectivity index (χ0n) is 13.1. The van der Waals surface area contributed by atoms with Gasteiger partial charge in [-0.15, -0.1) is 0 Å². The number of nitrogens with zero attached hydrogens (tertiary/aromatic N) is 2. The highest BCUT2D eigenvalue weighted by Crippen LogP contribution is 2.26. The minimum atomic E-state index is -0.383. The summed E-state index contributed by atoms with van der Waals surface area (Å²) in [5, 5.41) is 10.6. The molecular formula is C18H28N2O. The first kappa shape index (κ1) is 15.0. The van der Waals surface area contributed by atoms with Gasteiger partial charge < -0.3 is 5.11 Å². The highest BCUT2D eigenvalue weighted by molar-refractivity contribution is 5.18. The number of rotatable bonds is 4. The molecule has 1 N–H and O–H groups in total. The summed E-state index contributed by atoms with van der Waals surface area (Å²) in [6.45, 7) is 6.94. The molecule has 2 heterocycles. The van der Waals surface area contributed by atoms with Crippen LogP contribution in [-0.2, 0) is 0 Å². The molecule has 0 radical (unpaired) electrons. The largest absolute Gasteiger partial charge is 0.387 e. The van der Waals surface area contributed by atoms with Crippen molar-refractivity contribution >= 4 is 0 Å². The van der Waals surface area contributed by atoms with Gasteiger partial charge in [-0.05, 0) is 44.8 Å². The van der Waals surface area contributed by atoms with Crippen molar-refractivity contribution < 1.29 is 5.11 Å². The van der Waals surface area contributed by atoms with Crippen LogP contribution >= 0.6 is 0 Å². The van der Waals surface area contributed by atoms with Crippen LogP contribution in [0, 0.1) is 0 Å². The second-order valence-electron chi connectivity index (χ2n) is 6.63. The molecular weight excluding hydrogens is 260 g/mol. The third-order valence-corrected chi connectivity index (χ3v) is 5.28. The fraction of sp³-hybridized carbons (Fsp3) is 0.667. The summed E-state index contributed by atoms with van der Waals surface area (Å²) in [5.74, 6) is 0. The number of hydrogen-bond donors (Lipinski definition) is 1. The van der Waals surface area contributed by atoms with Crippen LogP contribution in [0.15, 0.2) is 30.3 Å². The highest BCUT2D eigenvalue weighted by Gasteiger charge is 2.33. The van der Waals surface area contributed by atoms with E-state index in [0.717, 1.165) is 18.7 Å². The Hall–Kier alpha value is -0.900. The fourth-order valence-electron chi connectivity index (χ4n) is 3.85. The predicted molar refractivity (Wildman–Crippen MR) is 86.3 cm³/mol. The Labute approximate surface area is 128 Å². The van der Waals surface area contributed by atoms with Crippen molar-refractivity contribution in [3.8, 4) is 0 Å². The van der Waals surface area contributed by atoms with Gasteiger partial charge in [-0.1, -0.05) is 36.8 Å².